The van der Waals surface area contributed by atoms with Crippen LogP contribution in [0.4, 0.5) is 0 Å². The highest BCUT2D eigenvalue weighted by Gasteiger charge is 2.23. The van der Waals surface area contributed by atoms with Gasteiger partial charge in [0.25, 0.3) is 5.78 Å². The lowest BCUT2D eigenvalue weighted by Crippen LogP contribution is -2.12. The number of Topliss-reactive ketones (excluding diaryl/α,β-unsaturated/α-hetero) is 1. The Morgan fingerprint density at radius 1 is 1.18 bits per heavy atom. The number of aromatic amines is 1. The second-order valence-corrected chi connectivity index (χ2v) is 6.26. The van der Waals surface area contributed by atoms with E-state index in [9.17, 15) is 9.59 Å². The molecule has 1 aliphatic heterocycles. The van der Waals surface area contributed by atoms with Crippen molar-refractivity contribution in [2.24, 2.45) is 0 Å². The summed E-state index contributed by atoms with van der Waals surface area (Å²) in [5.41, 5.74) is 2.39. The van der Waals surface area contributed by atoms with Gasteiger partial charge in [-0.2, -0.15) is 0 Å². The molecule has 1 unspecified atom stereocenters. The number of aliphatic carboxylic acids is 1. The van der Waals surface area contributed by atoms with Gasteiger partial charge in [0.2, 0.25) is 6.79 Å². The van der Waals surface area contributed by atoms with Crippen molar-refractivity contribution in [3.63, 3.8) is 0 Å². The van der Waals surface area contributed by atoms with E-state index in [4.69, 9.17) is 19.3 Å². The van der Waals surface area contributed by atoms with Gasteiger partial charge in [-0.3, -0.25) is 4.79 Å². The molecule has 7 heteroatoms. The zero-order valence-corrected chi connectivity index (χ0v) is 14.8. The molecule has 0 aliphatic carbocycles. The zero-order chi connectivity index (χ0) is 19.7. The first-order valence-electron chi connectivity index (χ1n) is 8.59. The molecule has 28 heavy (non-hydrogen) atoms. The first-order chi connectivity index (χ1) is 13.6. The average Bonchev–Trinajstić information content (AvgIpc) is 3.33. The summed E-state index contributed by atoms with van der Waals surface area (Å²) in [6.45, 7) is 4.18. The summed E-state index contributed by atoms with van der Waals surface area (Å²) < 4.78 is 16.8. The molecule has 0 amide bonds. The largest absolute Gasteiger partial charge is 0.475 e. The van der Waals surface area contributed by atoms with Gasteiger partial charge in [-0.15, -0.1) is 6.58 Å². The Morgan fingerprint density at radius 2 is 1.93 bits per heavy atom. The van der Waals surface area contributed by atoms with Gasteiger partial charge in [0.05, 0.1) is 12.2 Å². The van der Waals surface area contributed by atoms with Gasteiger partial charge in [0, 0.05) is 17.1 Å². The average molecular weight is 379 g/mol. The molecular formula is C21H17NO6. The summed E-state index contributed by atoms with van der Waals surface area (Å²) in [4.78, 5) is 26.0. The zero-order valence-electron chi connectivity index (χ0n) is 14.8. The van der Waals surface area contributed by atoms with E-state index >= 15 is 0 Å². The van der Waals surface area contributed by atoms with Gasteiger partial charge in [-0.25, -0.2) is 4.79 Å². The maximum Gasteiger partial charge on any atom is 0.377 e. The van der Waals surface area contributed by atoms with Crippen molar-refractivity contribution in [3.05, 3.63) is 71.9 Å². The number of aromatic nitrogens is 1. The summed E-state index contributed by atoms with van der Waals surface area (Å²) in [5.74, 6) is -1.16. The number of hydrogen-bond acceptors (Lipinski definition) is 5. The Labute approximate surface area is 160 Å². The maximum absolute atomic E-state index is 12.0. The third-order valence-electron chi connectivity index (χ3n) is 4.53. The molecule has 1 aromatic heterocycles. The number of ketones is 1. The van der Waals surface area contributed by atoms with Crippen LogP contribution in [0.1, 0.15) is 27.6 Å². The lowest BCUT2D eigenvalue weighted by Gasteiger charge is -2.19. The lowest BCUT2D eigenvalue weighted by atomic mass is 9.98. The number of benzene rings is 2. The third-order valence-corrected chi connectivity index (χ3v) is 4.53. The van der Waals surface area contributed by atoms with Crippen LogP contribution in [0.15, 0.2) is 55.3 Å². The normalized spacial score (nSPS) is 13.4. The van der Waals surface area contributed by atoms with Crippen LogP contribution in [0.2, 0.25) is 0 Å². The fourth-order valence-electron chi connectivity index (χ4n) is 3.23. The highest BCUT2D eigenvalue weighted by atomic mass is 16.7. The van der Waals surface area contributed by atoms with E-state index in [1.807, 2.05) is 24.3 Å². The van der Waals surface area contributed by atoms with Crippen molar-refractivity contribution in [2.45, 2.75) is 6.10 Å². The molecule has 0 spiro atoms. The van der Waals surface area contributed by atoms with E-state index in [1.54, 1.807) is 18.2 Å². The molecule has 0 fully saturated rings. The summed E-state index contributed by atoms with van der Waals surface area (Å²) in [7, 11) is 0. The monoisotopic (exact) mass is 379 g/mol. The van der Waals surface area contributed by atoms with Crippen LogP contribution in [-0.2, 0) is 9.53 Å². The minimum Gasteiger partial charge on any atom is -0.475 e. The van der Waals surface area contributed by atoms with Crippen LogP contribution >= 0.6 is 0 Å². The highest BCUT2D eigenvalue weighted by molar-refractivity contribution is 6.42. The summed E-state index contributed by atoms with van der Waals surface area (Å²) >= 11 is 0. The molecule has 1 aliphatic rings. The van der Waals surface area contributed by atoms with E-state index in [2.05, 4.69) is 11.6 Å². The number of carbonyl (C=O) groups is 2. The van der Waals surface area contributed by atoms with Crippen molar-refractivity contribution in [1.29, 1.82) is 0 Å². The van der Waals surface area contributed by atoms with Gasteiger partial charge in [0.15, 0.2) is 11.5 Å². The van der Waals surface area contributed by atoms with Crippen LogP contribution in [-0.4, -0.2) is 35.2 Å². The molecule has 1 atom stereocenters. The minimum absolute atomic E-state index is 0.109. The second-order valence-electron chi connectivity index (χ2n) is 6.26. The number of hydrogen-bond donors (Lipinski definition) is 2. The fraction of sp³-hybridized carbons (Fsp3) is 0.143. The van der Waals surface area contributed by atoms with Crippen molar-refractivity contribution in [1.82, 2.24) is 4.98 Å². The molecular weight excluding hydrogens is 362 g/mol. The van der Waals surface area contributed by atoms with Crippen LogP contribution in [0.3, 0.4) is 0 Å². The van der Waals surface area contributed by atoms with Crippen LogP contribution in [0.5, 0.6) is 11.5 Å². The lowest BCUT2D eigenvalue weighted by molar-refractivity contribution is -0.131. The van der Waals surface area contributed by atoms with Gasteiger partial charge in [-0.1, -0.05) is 18.2 Å². The maximum atomic E-state index is 12.0. The number of carboxylic acids is 1. The molecule has 0 saturated carbocycles. The quantitative estimate of drug-likeness (QED) is 0.371. The predicted molar refractivity (Wildman–Crippen MR) is 101 cm³/mol. The summed E-state index contributed by atoms with van der Waals surface area (Å²) in [5, 5.41) is 9.58. The van der Waals surface area contributed by atoms with E-state index in [0.717, 1.165) is 11.1 Å². The SMILES string of the molecule is C=CCOC(c1ccc2c(c1)OCO2)c1ccc2[nH]cc(C(=O)C(=O)O)c2c1. The van der Waals surface area contributed by atoms with Crippen LogP contribution in [0, 0.1) is 0 Å². The van der Waals surface area contributed by atoms with E-state index in [-0.39, 0.29) is 12.4 Å². The first-order valence-corrected chi connectivity index (χ1v) is 8.59. The Hall–Kier alpha value is -3.58. The highest BCUT2D eigenvalue weighted by Crippen LogP contribution is 2.37. The summed E-state index contributed by atoms with van der Waals surface area (Å²) in [6.07, 6.45) is 2.60. The van der Waals surface area contributed by atoms with E-state index in [0.29, 0.717) is 29.0 Å². The second kappa shape index (κ2) is 7.21. The number of rotatable bonds is 7. The van der Waals surface area contributed by atoms with Gasteiger partial charge < -0.3 is 24.3 Å². The molecule has 2 heterocycles. The third kappa shape index (κ3) is 3.12. The van der Waals surface area contributed by atoms with Crippen molar-refractivity contribution in [3.8, 4) is 11.5 Å². The summed E-state index contributed by atoms with van der Waals surface area (Å²) in [6, 6.07) is 11.0. The Bertz CT molecular complexity index is 1080. The van der Waals surface area contributed by atoms with E-state index in [1.165, 1.54) is 6.20 Å². The molecule has 4 rings (SSSR count). The number of nitrogens with one attached hydrogen (secondary N) is 1. The Kier molecular flexibility index (Phi) is 4.58. The van der Waals surface area contributed by atoms with Crippen molar-refractivity contribution >= 4 is 22.7 Å². The molecule has 0 radical (unpaired) electrons. The standard InChI is InChI=1S/C21H17NO6/c1-2-7-26-20(13-4-6-17-18(9-13)28-11-27-17)12-3-5-16-14(8-12)15(10-22-16)19(23)21(24)25/h2-6,8-10,20,22H,1,7,11H2,(H,24,25). The number of carbonyl (C=O) groups excluding carboxylic acids is 1. The van der Waals surface area contributed by atoms with Crippen molar-refractivity contribution < 1.29 is 28.9 Å². The van der Waals surface area contributed by atoms with Crippen LogP contribution < -0.4 is 9.47 Å². The molecule has 2 N–H and O–H groups in total. The first kappa shape index (κ1) is 17.8. The molecule has 142 valence electrons. The Balaban J connectivity index is 1.78. The topological polar surface area (TPSA) is 97.9 Å². The number of fused-ring (bicyclic) bond motifs is 2. The van der Waals surface area contributed by atoms with Gasteiger partial charge in [0.1, 0.15) is 6.10 Å². The molecule has 2 aromatic carbocycles. The fourth-order valence-corrected chi connectivity index (χ4v) is 3.23. The molecule has 0 saturated heterocycles. The number of ether oxygens (including phenoxy) is 3. The van der Waals surface area contributed by atoms with Gasteiger partial charge in [-0.05, 0) is 35.4 Å². The molecule has 0 bridgehead atoms. The predicted octanol–water partition coefficient (Wildman–Crippen LogP) is 3.46. The number of carboxylic acid groups (broad SMARTS) is 1. The molecule has 3 aromatic rings. The molecule has 7 nitrogen and oxygen atoms in total. The van der Waals surface area contributed by atoms with Crippen LogP contribution in [0.25, 0.3) is 10.9 Å². The smallest absolute Gasteiger partial charge is 0.377 e. The minimum atomic E-state index is -1.50. The van der Waals surface area contributed by atoms with Gasteiger partial charge >= 0.3 is 5.97 Å². The Morgan fingerprint density at radius 3 is 2.71 bits per heavy atom. The number of H-pyrrole nitrogens is 1. The van der Waals surface area contributed by atoms with Crippen molar-refractivity contribution in [2.75, 3.05) is 13.4 Å². The van der Waals surface area contributed by atoms with E-state index < -0.39 is 17.9 Å².